The fraction of sp³-hybridized carbons (Fsp3) is 0.0769. The first kappa shape index (κ1) is 15.5. The molecule has 0 aliphatic heterocycles. The quantitative estimate of drug-likeness (QED) is 0.653. The van der Waals surface area contributed by atoms with Crippen LogP contribution in [0, 0.1) is 0 Å². The van der Waals surface area contributed by atoms with Crippen LogP contribution in [0.1, 0.15) is 0 Å². The van der Waals surface area contributed by atoms with E-state index in [2.05, 4.69) is 0 Å². The summed E-state index contributed by atoms with van der Waals surface area (Å²) in [4.78, 5) is -0.115. The van der Waals surface area contributed by atoms with Gasteiger partial charge in [-0.15, -0.1) is 0 Å². The number of nitrogens with two attached hydrogens (primary N) is 1. The molecular weight excluding hydrogens is 314 g/mol. The molecule has 3 N–H and O–H groups in total. The van der Waals surface area contributed by atoms with Crippen molar-refractivity contribution in [3.8, 4) is 11.1 Å². The first-order valence-corrected chi connectivity index (χ1v) is 9.10. The van der Waals surface area contributed by atoms with Crippen molar-refractivity contribution >= 4 is 25.6 Å². The zero-order valence-electron chi connectivity index (χ0n) is 11.0. The van der Waals surface area contributed by atoms with E-state index in [0.717, 1.165) is 12.3 Å². The lowest BCUT2D eigenvalue weighted by molar-refractivity contribution is 0.483. The van der Waals surface area contributed by atoms with Crippen LogP contribution < -0.4 is 5.73 Å². The number of sulfone groups is 1. The summed E-state index contributed by atoms with van der Waals surface area (Å²) >= 11 is 0. The number of hydrogen-bond acceptors (Lipinski definition) is 5. The van der Waals surface area contributed by atoms with Crippen LogP contribution in [0.4, 0.5) is 5.69 Å². The van der Waals surface area contributed by atoms with Gasteiger partial charge in [-0.2, -0.15) is 8.42 Å². The van der Waals surface area contributed by atoms with Crippen LogP contribution >= 0.6 is 0 Å². The predicted molar refractivity (Wildman–Crippen MR) is 79.2 cm³/mol. The molecule has 0 aliphatic carbocycles. The van der Waals surface area contributed by atoms with Gasteiger partial charge in [0.2, 0.25) is 0 Å². The van der Waals surface area contributed by atoms with E-state index in [9.17, 15) is 16.8 Å². The lowest BCUT2D eigenvalue weighted by Gasteiger charge is -2.08. The first-order chi connectivity index (χ1) is 9.59. The molecular formula is C13H13NO5S2. The third-order valence-electron chi connectivity index (χ3n) is 2.91. The average molecular weight is 327 g/mol. The van der Waals surface area contributed by atoms with Crippen LogP contribution in [0.2, 0.25) is 0 Å². The zero-order chi connectivity index (χ0) is 15.8. The Morgan fingerprint density at radius 3 is 1.86 bits per heavy atom. The Bertz CT molecular complexity index is 885. The SMILES string of the molecule is CS(=O)(=O)c1ccc(-c2ccc(S(=O)(=O)O)cc2N)cc1. The van der Waals surface area contributed by atoms with Gasteiger partial charge in [0.1, 0.15) is 0 Å². The molecule has 2 aromatic carbocycles. The van der Waals surface area contributed by atoms with Crippen LogP contribution in [0.25, 0.3) is 11.1 Å². The van der Waals surface area contributed by atoms with E-state index in [0.29, 0.717) is 11.1 Å². The minimum Gasteiger partial charge on any atom is -0.398 e. The van der Waals surface area contributed by atoms with E-state index >= 15 is 0 Å². The summed E-state index contributed by atoms with van der Waals surface area (Å²) in [6.45, 7) is 0. The van der Waals surface area contributed by atoms with Gasteiger partial charge in [-0.05, 0) is 29.8 Å². The minimum absolute atomic E-state index is 0.164. The highest BCUT2D eigenvalue weighted by molar-refractivity contribution is 7.90. The monoisotopic (exact) mass is 327 g/mol. The maximum absolute atomic E-state index is 11.4. The van der Waals surface area contributed by atoms with Gasteiger partial charge < -0.3 is 5.73 Å². The molecule has 8 heteroatoms. The number of rotatable bonds is 3. The van der Waals surface area contributed by atoms with Crippen molar-refractivity contribution < 1.29 is 21.4 Å². The lowest BCUT2D eigenvalue weighted by atomic mass is 10.0. The third-order valence-corrected chi connectivity index (χ3v) is 4.89. The Morgan fingerprint density at radius 1 is 0.905 bits per heavy atom. The predicted octanol–water partition coefficient (Wildman–Crippen LogP) is 1.59. The van der Waals surface area contributed by atoms with E-state index in [-0.39, 0.29) is 15.5 Å². The Hall–Kier alpha value is -1.90. The highest BCUT2D eigenvalue weighted by Gasteiger charge is 2.13. The first-order valence-electron chi connectivity index (χ1n) is 5.76. The smallest absolute Gasteiger partial charge is 0.294 e. The molecule has 21 heavy (non-hydrogen) atoms. The molecule has 112 valence electrons. The number of hydrogen-bond donors (Lipinski definition) is 2. The van der Waals surface area contributed by atoms with E-state index < -0.39 is 20.0 Å². The zero-order valence-corrected chi connectivity index (χ0v) is 12.6. The Morgan fingerprint density at radius 2 is 1.43 bits per heavy atom. The highest BCUT2D eigenvalue weighted by Crippen LogP contribution is 2.29. The van der Waals surface area contributed by atoms with Crippen molar-refractivity contribution in [1.29, 1.82) is 0 Å². The van der Waals surface area contributed by atoms with Crippen molar-refractivity contribution in [2.75, 3.05) is 12.0 Å². The molecule has 0 atom stereocenters. The summed E-state index contributed by atoms with van der Waals surface area (Å²) in [5, 5.41) is 0. The minimum atomic E-state index is -4.31. The Balaban J connectivity index is 2.48. The van der Waals surface area contributed by atoms with Gasteiger partial charge in [0, 0.05) is 17.5 Å². The van der Waals surface area contributed by atoms with Crippen molar-refractivity contribution in [2.45, 2.75) is 9.79 Å². The van der Waals surface area contributed by atoms with Crippen LogP contribution in [-0.4, -0.2) is 27.6 Å². The van der Waals surface area contributed by atoms with E-state index in [1.165, 1.54) is 24.3 Å². The maximum Gasteiger partial charge on any atom is 0.294 e. The van der Waals surface area contributed by atoms with Gasteiger partial charge in [0.25, 0.3) is 10.1 Å². The van der Waals surface area contributed by atoms with Crippen molar-refractivity contribution in [1.82, 2.24) is 0 Å². The van der Waals surface area contributed by atoms with Gasteiger partial charge in [-0.3, -0.25) is 4.55 Å². The normalized spacial score (nSPS) is 12.3. The van der Waals surface area contributed by atoms with Gasteiger partial charge in [-0.1, -0.05) is 18.2 Å². The summed E-state index contributed by atoms with van der Waals surface area (Å²) < 4.78 is 53.8. The van der Waals surface area contributed by atoms with Gasteiger partial charge in [0.15, 0.2) is 9.84 Å². The molecule has 2 aromatic rings. The van der Waals surface area contributed by atoms with Crippen molar-refractivity contribution in [3.63, 3.8) is 0 Å². The van der Waals surface area contributed by atoms with Gasteiger partial charge in [0.05, 0.1) is 9.79 Å². The molecule has 0 bridgehead atoms. The summed E-state index contributed by atoms with van der Waals surface area (Å²) in [5.41, 5.74) is 7.13. The van der Waals surface area contributed by atoms with Gasteiger partial charge >= 0.3 is 0 Å². The number of benzene rings is 2. The summed E-state index contributed by atoms with van der Waals surface area (Å²) in [6.07, 6.45) is 1.11. The third kappa shape index (κ3) is 3.41. The van der Waals surface area contributed by atoms with Crippen LogP contribution in [-0.2, 0) is 20.0 Å². The second-order valence-corrected chi connectivity index (χ2v) is 7.96. The van der Waals surface area contributed by atoms with Crippen molar-refractivity contribution in [3.05, 3.63) is 42.5 Å². The average Bonchev–Trinajstić information content (AvgIpc) is 2.36. The van der Waals surface area contributed by atoms with E-state index in [1.807, 2.05) is 0 Å². The second kappa shape index (κ2) is 5.14. The van der Waals surface area contributed by atoms with Gasteiger partial charge in [-0.25, -0.2) is 8.42 Å². The molecule has 0 aromatic heterocycles. The molecule has 0 radical (unpaired) electrons. The fourth-order valence-corrected chi connectivity index (χ4v) is 2.99. The second-order valence-electron chi connectivity index (χ2n) is 4.52. The molecule has 0 unspecified atom stereocenters. The topological polar surface area (TPSA) is 115 Å². The van der Waals surface area contributed by atoms with Crippen LogP contribution in [0.15, 0.2) is 52.3 Å². The Labute approximate surface area is 122 Å². The summed E-state index contributed by atoms with van der Waals surface area (Å²) in [5.74, 6) is 0. The summed E-state index contributed by atoms with van der Waals surface area (Å²) in [7, 11) is -7.59. The molecule has 0 aliphatic rings. The summed E-state index contributed by atoms with van der Waals surface area (Å²) in [6, 6.07) is 9.88. The lowest BCUT2D eigenvalue weighted by Crippen LogP contribution is -2.00. The van der Waals surface area contributed by atoms with Crippen LogP contribution in [0.3, 0.4) is 0 Å². The molecule has 0 heterocycles. The number of nitrogen functional groups attached to an aromatic ring is 1. The Kier molecular flexibility index (Phi) is 3.79. The fourth-order valence-electron chi connectivity index (χ4n) is 1.85. The number of anilines is 1. The molecule has 6 nitrogen and oxygen atoms in total. The van der Waals surface area contributed by atoms with E-state index in [4.69, 9.17) is 10.3 Å². The molecule has 0 spiro atoms. The molecule has 0 amide bonds. The maximum atomic E-state index is 11.4. The highest BCUT2D eigenvalue weighted by atomic mass is 32.2. The standard InChI is InChI=1S/C13H13NO5S2/c1-20(15,16)10-4-2-9(3-5-10)12-7-6-11(8-13(12)14)21(17,18)19/h2-8H,14H2,1H3,(H,17,18,19). The molecule has 0 saturated heterocycles. The molecule has 2 rings (SSSR count). The molecule has 0 saturated carbocycles. The van der Waals surface area contributed by atoms with E-state index in [1.54, 1.807) is 12.1 Å². The van der Waals surface area contributed by atoms with Crippen LogP contribution in [0.5, 0.6) is 0 Å². The van der Waals surface area contributed by atoms with Crippen molar-refractivity contribution in [2.24, 2.45) is 0 Å². The molecule has 0 fully saturated rings. The largest absolute Gasteiger partial charge is 0.398 e.